The van der Waals surface area contributed by atoms with E-state index in [0.29, 0.717) is 19.1 Å². The van der Waals surface area contributed by atoms with Crippen LogP contribution in [0.15, 0.2) is 0 Å². The second-order valence-electron chi connectivity index (χ2n) is 4.58. The van der Waals surface area contributed by atoms with Gasteiger partial charge in [-0.1, -0.05) is 6.92 Å². The van der Waals surface area contributed by atoms with Crippen LogP contribution in [0.4, 0.5) is 13.2 Å². The lowest BCUT2D eigenvalue weighted by molar-refractivity contribution is -0.138. The molecule has 108 valence electrons. The van der Waals surface area contributed by atoms with Crippen LogP contribution in [0.5, 0.6) is 0 Å². The lowest BCUT2D eigenvalue weighted by Crippen LogP contribution is -2.40. The van der Waals surface area contributed by atoms with E-state index in [0.717, 1.165) is 19.6 Å². The van der Waals surface area contributed by atoms with Gasteiger partial charge in [-0.3, -0.25) is 0 Å². The quantitative estimate of drug-likeness (QED) is 0.686. The Bertz CT molecular complexity index is 218. The van der Waals surface area contributed by atoms with E-state index < -0.39 is 12.6 Å². The van der Waals surface area contributed by atoms with Crippen molar-refractivity contribution in [3.63, 3.8) is 0 Å². The van der Waals surface area contributed by atoms with Gasteiger partial charge in [-0.2, -0.15) is 13.2 Å². The molecule has 6 heteroatoms. The fraction of sp³-hybridized carbons (Fsp3) is 1.00. The van der Waals surface area contributed by atoms with Crippen molar-refractivity contribution < 1.29 is 22.6 Å². The first-order valence-electron chi connectivity index (χ1n) is 6.48. The third-order valence-corrected chi connectivity index (χ3v) is 3.05. The zero-order valence-electron chi connectivity index (χ0n) is 10.8. The molecule has 2 atom stereocenters. The minimum Gasteiger partial charge on any atom is -0.381 e. The monoisotopic (exact) mass is 269 g/mol. The van der Waals surface area contributed by atoms with Crippen LogP contribution in [-0.4, -0.2) is 45.2 Å². The van der Waals surface area contributed by atoms with Crippen LogP contribution in [0.25, 0.3) is 0 Å². The summed E-state index contributed by atoms with van der Waals surface area (Å²) in [6, 6.07) is 0.184. The Morgan fingerprint density at radius 3 is 2.78 bits per heavy atom. The molecule has 2 unspecified atom stereocenters. The Labute approximate surface area is 106 Å². The van der Waals surface area contributed by atoms with Crippen molar-refractivity contribution in [2.24, 2.45) is 5.92 Å². The second kappa shape index (κ2) is 7.96. The number of likely N-dealkylation sites (N-methyl/N-ethyl adjacent to an activating group) is 1. The summed E-state index contributed by atoms with van der Waals surface area (Å²) in [5.41, 5.74) is 0. The van der Waals surface area contributed by atoms with Crippen LogP contribution in [-0.2, 0) is 9.47 Å². The number of ether oxygens (including phenoxy) is 2. The van der Waals surface area contributed by atoms with Crippen molar-refractivity contribution in [1.29, 1.82) is 0 Å². The molecule has 0 amide bonds. The fourth-order valence-electron chi connectivity index (χ4n) is 2.08. The third kappa shape index (κ3) is 6.56. The maximum absolute atomic E-state index is 11.9. The molecule has 0 bridgehead atoms. The van der Waals surface area contributed by atoms with E-state index in [-0.39, 0.29) is 19.1 Å². The maximum atomic E-state index is 11.9. The summed E-state index contributed by atoms with van der Waals surface area (Å²) in [7, 11) is 0. The molecule has 0 radical (unpaired) electrons. The third-order valence-electron chi connectivity index (χ3n) is 3.05. The van der Waals surface area contributed by atoms with Crippen molar-refractivity contribution >= 4 is 0 Å². The number of rotatable bonds is 8. The van der Waals surface area contributed by atoms with Gasteiger partial charge in [0.05, 0.1) is 13.2 Å². The molecule has 0 aromatic rings. The average molecular weight is 269 g/mol. The van der Waals surface area contributed by atoms with E-state index >= 15 is 0 Å². The predicted octanol–water partition coefficient (Wildman–Crippen LogP) is 2.36. The molecule has 0 aliphatic carbocycles. The van der Waals surface area contributed by atoms with Crippen LogP contribution in [0, 0.1) is 5.92 Å². The fourth-order valence-corrected chi connectivity index (χ4v) is 2.08. The van der Waals surface area contributed by atoms with Crippen molar-refractivity contribution in [1.82, 2.24) is 5.32 Å². The Morgan fingerprint density at radius 1 is 1.44 bits per heavy atom. The van der Waals surface area contributed by atoms with Crippen molar-refractivity contribution in [3.8, 4) is 0 Å². The topological polar surface area (TPSA) is 30.5 Å². The molecule has 1 aliphatic rings. The number of hydrogen-bond acceptors (Lipinski definition) is 3. The van der Waals surface area contributed by atoms with E-state index in [1.54, 1.807) is 0 Å². The van der Waals surface area contributed by atoms with E-state index in [4.69, 9.17) is 9.47 Å². The summed E-state index contributed by atoms with van der Waals surface area (Å²) in [5.74, 6) is 0.410. The number of alkyl halides is 3. The summed E-state index contributed by atoms with van der Waals surface area (Å²) in [5, 5.41) is 3.30. The highest BCUT2D eigenvalue weighted by atomic mass is 19.4. The van der Waals surface area contributed by atoms with Gasteiger partial charge >= 0.3 is 6.18 Å². The normalized spacial score (nSPS) is 22.3. The molecular formula is C12H22F3NO2. The molecule has 0 aromatic carbocycles. The number of hydrogen-bond donors (Lipinski definition) is 1. The molecule has 0 spiro atoms. The van der Waals surface area contributed by atoms with Gasteiger partial charge in [-0.25, -0.2) is 0 Å². The van der Waals surface area contributed by atoms with Crippen LogP contribution >= 0.6 is 0 Å². The zero-order valence-corrected chi connectivity index (χ0v) is 10.8. The van der Waals surface area contributed by atoms with Gasteiger partial charge in [-0.15, -0.1) is 0 Å². The lowest BCUT2D eigenvalue weighted by atomic mass is 10.00. The molecule has 1 heterocycles. The Hall–Kier alpha value is -0.330. The average Bonchev–Trinajstić information content (AvgIpc) is 2.79. The van der Waals surface area contributed by atoms with Crippen LogP contribution < -0.4 is 5.32 Å². The number of halogens is 3. The van der Waals surface area contributed by atoms with Gasteiger partial charge in [0.2, 0.25) is 0 Å². The van der Waals surface area contributed by atoms with Crippen molar-refractivity contribution in [2.75, 3.05) is 33.0 Å². The standard InChI is InChI=1S/C12H22F3NO2/c1-2-16-11(10-4-7-18-8-10)9-17-6-3-5-12(13,14)15/h10-11,16H,2-9H2,1H3. The molecule has 0 saturated carbocycles. The molecule has 1 saturated heterocycles. The molecule has 3 nitrogen and oxygen atoms in total. The molecular weight excluding hydrogens is 247 g/mol. The zero-order chi connectivity index (χ0) is 13.4. The summed E-state index contributed by atoms with van der Waals surface area (Å²) in [6.45, 7) is 4.93. The van der Waals surface area contributed by atoms with Gasteiger partial charge in [0.25, 0.3) is 0 Å². The minimum atomic E-state index is -4.08. The summed E-state index contributed by atoms with van der Waals surface area (Å²) >= 11 is 0. The van der Waals surface area contributed by atoms with Crippen LogP contribution in [0.3, 0.4) is 0 Å². The minimum absolute atomic E-state index is 0.0313. The predicted molar refractivity (Wildman–Crippen MR) is 62.5 cm³/mol. The van der Waals surface area contributed by atoms with Crippen LogP contribution in [0.1, 0.15) is 26.2 Å². The SMILES string of the molecule is CCNC(COCCCC(F)(F)F)C1CCOC1. The Morgan fingerprint density at radius 2 is 2.22 bits per heavy atom. The highest BCUT2D eigenvalue weighted by molar-refractivity contribution is 4.78. The van der Waals surface area contributed by atoms with Gasteiger partial charge in [0.15, 0.2) is 0 Å². The van der Waals surface area contributed by atoms with Gasteiger partial charge in [0, 0.05) is 31.6 Å². The van der Waals surface area contributed by atoms with Crippen LogP contribution in [0.2, 0.25) is 0 Å². The first kappa shape index (κ1) is 15.7. The molecule has 1 N–H and O–H groups in total. The van der Waals surface area contributed by atoms with Crippen molar-refractivity contribution in [2.45, 2.75) is 38.4 Å². The highest BCUT2D eigenvalue weighted by Crippen LogP contribution is 2.21. The van der Waals surface area contributed by atoms with Gasteiger partial charge < -0.3 is 14.8 Å². The summed E-state index contributed by atoms with van der Waals surface area (Å²) < 4.78 is 46.4. The summed E-state index contributed by atoms with van der Waals surface area (Å²) in [4.78, 5) is 0. The molecule has 18 heavy (non-hydrogen) atoms. The lowest BCUT2D eigenvalue weighted by Gasteiger charge is -2.23. The molecule has 1 aliphatic heterocycles. The Balaban J connectivity index is 2.13. The van der Waals surface area contributed by atoms with E-state index in [2.05, 4.69) is 5.32 Å². The van der Waals surface area contributed by atoms with Gasteiger partial charge in [-0.05, 0) is 19.4 Å². The largest absolute Gasteiger partial charge is 0.389 e. The Kier molecular flexibility index (Phi) is 6.96. The van der Waals surface area contributed by atoms with Gasteiger partial charge in [0.1, 0.15) is 0 Å². The molecule has 0 aromatic heterocycles. The smallest absolute Gasteiger partial charge is 0.381 e. The first-order chi connectivity index (χ1) is 8.53. The number of nitrogens with one attached hydrogen (secondary N) is 1. The molecule has 1 rings (SSSR count). The maximum Gasteiger partial charge on any atom is 0.389 e. The second-order valence-corrected chi connectivity index (χ2v) is 4.58. The van der Waals surface area contributed by atoms with E-state index in [1.165, 1.54) is 0 Å². The first-order valence-corrected chi connectivity index (χ1v) is 6.48. The van der Waals surface area contributed by atoms with E-state index in [9.17, 15) is 13.2 Å². The highest BCUT2D eigenvalue weighted by Gasteiger charge is 2.27. The summed E-state index contributed by atoms with van der Waals surface area (Å²) in [6.07, 6.45) is -3.83. The van der Waals surface area contributed by atoms with Crippen molar-refractivity contribution in [3.05, 3.63) is 0 Å². The van der Waals surface area contributed by atoms with E-state index in [1.807, 2.05) is 6.92 Å². The molecule has 1 fully saturated rings.